The van der Waals surface area contributed by atoms with E-state index in [1.165, 1.54) is 12.1 Å². The molecule has 0 spiro atoms. The highest BCUT2D eigenvalue weighted by Gasteiger charge is 2.17. The van der Waals surface area contributed by atoms with Crippen molar-refractivity contribution >= 4 is 11.5 Å². The van der Waals surface area contributed by atoms with E-state index in [0.29, 0.717) is 29.1 Å². The van der Waals surface area contributed by atoms with E-state index < -0.39 is 0 Å². The first-order valence-electron chi connectivity index (χ1n) is 8.35. The number of anilines is 1. The number of nitrogens with two attached hydrogens (primary N) is 1. The Labute approximate surface area is 150 Å². The molecule has 6 heteroatoms. The Morgan fingerprint density at radius 2 is 1.81 bits per heavy atom. The van der Waals surface area contributed by atoms with E-state index in [4.69, 9.17) is 5.73 Å². The average Bonchev–Trinajstić information content (AvgIpc) is 3.06. The fourth-order valence-corrected chi connectivity index (χ4v) is 3.06. The Bertz CT molecular complexity index is 1100. The van der Waals surface area contributed by atoms with Gasteiger partial charge < -0.3 is 5.73 Å². The Balaban J connectivity index is 1.85. The molecule has 0 saturated heterocycles. The summed E-state index contributed by atoms with van der Waals surface area (Å²) in [5.74, 6) is 0.635. The lowest BCUT2D eigenvalue weighted by Gasteiger charge is -2.10. The summed E-state index contributed by atoms with van der Waals surface area (Å²) in [6.45, 7) is 3.80. The van der Waals surface area contributed by atoms with Crippen LogP contribution in [-0.2, 0) is 6.42 Å². The SMILES string of the molecule is Cc1ccc(F)cc1-c1nc(N)c2nc(Cc3ccccc3)nn2c1C. The van der Waals surface area contributed by atoms with E-state index in [9.17, 15) is 4.39 Å². The van der Waals surface area contributed by atoms with Crippen LogP contribution in [0.15, 0.2) is 48.5 Å². The number of nitrogens with zero attached hydrogens (tertiary/aromatic N) is 4. The van der Waals surface area contributed by atoms with Gasteiger partial charge in [-0.1, -0.05) is 36.4 Å². The third-order valence-corrected chi connectivity index (χ3v) is 4.43. The minimum atomic E-state index is -0.311. The van der Waals surface area contributed by atoms with Gasteiger partial charge in [0.1, 0.15) is 5.82 Å². The Kier molecular flexibility index (Phi) is 3.88. The summed E-state index contributed by atoms with van der Waals surface area (Å²) in [4.78, 5) is 9.01. The Morgan fingerprint density at radius 1 is 1.04 bits per heavy atom. The molecule has 2 aromatic heterocycles. The van der Waals surface area contributed by atoms with Gasteiger partial charge in [0.15, 0.2) is 17.3 Å². The van der Waals surface area contributed by atoms with Crippen molar-refractivity contribution in [3.63, 3.8) is 0 Å². The van der Waals surface area contributed by atoms with E-state index in [-0.39, 0.29) is 11.6 Å². The van der Waals surface area contributed by atoms with Crippen molar-refractivity contribution in [2.75, 3.05) is 5.73 Å². The van der Waals surface area contributed by atoms with Crippen LogP contribution in [-0.4, -0.2) is 19.6 Å². The van der Waals surface area contributed by atoms with Gasteiger partial charge >= 0.3 is 0 Å². The molecule has 0 amide bonds. The highest BCUT2D eigenvalue weighted by atomic mass is 19.1. The lowest BCUT2D eigenvalue weighted by Crippen LogP contribution is -2.05. The molecule has 26 heavy (non-hydrogen) atoms. The molecule has 5 nitrogen and oxygen atoms in total. The monoisotopic (exact) mass is 347 g/mol. The quantitative estimate of drug-likeness (QED) is 0.613. The van der Waals surface area contributed by atoms with Gasteiger partial charge in [-0.25, -0.2) is 18.9 Å². The largest absolute Gasteiger partial charge is 0.381 e. The second kappa shape index (κ2) is 6.22. The van der Waals surface area contributed by atoms with E-state index in [2.05, 4.69) is 15.1 Å². The molecule has 130 valence electrons. The first kappa shape index (κ1) is 16.2. The number of rotatable bonds is 3. The van der Waals surface area contributed by atoms with Crippen LogP contribution in [0.4, 0.5) is 10.2 Å². The molecule has 0 unspecified atom stereocenters. The fourth-order valence-electron chi connectivity index (χ4n) is 3.06. The molecule has 2 heterocycles. The predicted molar refractivity (Wildman–Crippen MR) is 99.3 cm³/mol. The van der Waals surface area contributed by atoms with Crippen LogP contribution in [0.25, 0.3) is 16.9 Å². The number of nitrogen functional groups attached to an aromatic ring is 1. The molecule has 0 aliphatic carbocycles. The molecule has 0 atom stereocenters. The van der Waals surface area contributed by atoms with Gasteiger partial charge in [0, 0.05) is 12.0 Å². The molecule has 2 N–H and O–H groups in total. The zero-order chi connectivity index (χ0) is 18.3. The molecule has 4 rings (SSSR count). The number of benzene rings is 2. The fraction of sp³-hybridized carbons (Fsp3) is 0.150. The van der Waals surface area contributed by atoms with Crippen molar-refractivity contribution < 1.29 is 4.39 Å². The van der Waals surface area contributed by atoms with Crippen LogP contribution in [0.3, 0.4) is 0 Å². The summed E-state index contributed by atoms with van der Waals surface area (Å²) in [5.41, 5.74) is 10.8. The van der Waals surface area contributed by atoms with Gasteiger partial charge in [0.2, 0.25) is 0 Å². The second-order valence-electron chi connectivity index (χ2n) is 6.32. The van der Waals surface area contributed by atoms with Crippen LogP contribution >= 0.6 is 0 Å². The predicted octanol–water partition coefficient (Wildman–Crippen LogP) is 3.72. The third kappa shape index (κ3) is 2.79. The first-order valence-corrected chi connectivity index (χ1v) is 8.35. The van der Waals surface area contributed by atoms with Gasteiger partial charge in [0.25, 0.3) is 0 Å². The minimum absolute atomic E-state index is 0.279. The molecule has 0 radical (unpaired) electrons. The molecule has 0 aliphatic heterocycles. The summed E-state index contributed by atoms with van der Waals surface area (Å²) < 4.78 is 15.4. The van der Waals surface area contributed by atoms with E-state index in [0.717, 1.165) is 16.8 Å². The number of halogens is 1. The molecule has 4 aromatic rings. The van der Waals surface area contributed by atoms with Gasteiger partial charge in [-0.3, -0.25) is 0 Å². The lowest BCUT2D eigenvalue weighted by molar-refractivity contribution is 0.628. The maximum Gasteiger partial charge on any atom is 0.198 e. The van der Waals surface area contributed by atoms with Gasteiger partial charge in [-0.15, -0.1) is 0 Å². The summed E-state index contributed by atoms with van der Waals surface area (Å²) in [7, 11) is 0. The van der Waals surface area contributed by atoms with Crippen molar-refractivity contribution in [1.82, 2.24) is 19.6 Å². The topological polar surface area (TPSA) is 69.1 Å². The normalized spacial score (nSPS) is 11.2. The molecule has 0 saturated carbocycles. The van der Waals surface area contributed by atoms with Gasteiger partial charge in [-0.05, 0) is 37.1 Å². The van der Waals surface area contributed by atoms with Crippen molar-refractivity contribution in [1.29, 1.82) is 0 Å². The van der Waals surface area contributed by atoms with Gasteiger partial charge in [0.05, 0.1) is 11.4 Å². The van der Waals surface area contributed by atoms with E-state index in [1.54, 1.807) is 10.6 Å². The molecular formula is C20H18FN5. The average molecular weight is 347 g/mol. The Morgan fingerprint density at radius 3 is 2.58 bits per heavy atom. The number of aromatic nitrogens is 4. The molecular weight excluding hydrogens is 329 g/mol. The van der Waals surface area contributed by atoms with Crippen LogP contribution < -0.4 is 5.73 Å². The zero-order valence-electron chi connectivity index (χ0n) is 14.6. The molecule has 0 bridgehead atoms. The minimum Gasteiger partial charge on any atom is -0.381 e. The maximum absolute atomic E-state index is 13.7. The van der Waals surface area contributed by atoms with Crippen LogP contribution in [0.5, 0.6) is 0 Å². The molecule has 0 fully saturated rings. The van der Waals surface area contributed by atoms with Crippen molar-refractivity contribution in [3.05, 3.63) is 77.0 Å². The summed E-state index contributed by atoms with van der Waals surface area (Å²) in [6, 6.07) is 14.6. The maximum atomic E-state index is 13.7. The number of hydrogen-bond acceptors (Lipinski definition) is 4. The highest BCUT2D eigenvalue weighted by molar-refractivity contribution is 5.71. The highest BCUT2D eigenvalue weighted by Crippen LogP contribution is 2.28. The van der Waals surface area contributed by atoms with Crippen molar-refractivity contribution in [2.24, 2.45) is 0 Å². The van der Waals surface area contributed by atoms with E-state index in [1.807, 2.05) is 44.2 Å². The van der Waals surface area contributed by atoms with Crippen LogP contribution in [0.1, 0.15) is 22.6 Å². The number of hydrogen-bond donors (Lipinski definition) is 1. The smallest absolute Gasteiger partial charge is 0.198 e. The molecule has 2 aromatic carbocycles. The Hall–Kier alpha value is -3.28. The van der Waals surface area contributed by atoms with E-state index >= 15 is 0 Å². The van der Waals surface area contributed by atoms with Gasteiger partial charge in [-0.2, -0.15) is 5.10 Å². The van der Waals surface area contributed by atoms with Crippen molar-refractivity contribution in [2.45, 2.75) is 20.3 Å². The van der Waals surface area contributed by atoms with Crippen LogP contribution in [0, 0.1) is 19.7 Å². The lowest BCUT2D eigenvalue weighted by atomic mass is 10.0. The second-order valence-corrected chi connectivity index (χ2v) is 6.32. The summed E-state index contributed by atoms with van der Waals surface area (Å²) >= 11 is 0. The summed E-state index contributed by atoms with van der Waals surface area (Å²) in [5, 5.41) is 4.60. The zero-order valence-corrected chi connectivity index (χ0v) is 14.6. The standard InChI is InChI=1S/C20H18FN5/c1-12-8-9-15(21)11-16(12)18-13(2)26-20(19(22)24-18)23-17(25-26)10-14-6-4-3-5-7-14/h3-9,11H,10H2,1-2H3,(H2,22,24). The first-order chi connectivity index (χ1) is 12.5. The third-order valence-electron chi connectivity index (χ3n) is 4.43. The van der Waals surface area contributed by atoms with Crippen LogP contribution in [0.2, 0.25) is 0 Å². The molecule has 0 aliphatic rings. The number of aryl methyl sites for hydroxylation is 2. The summed E-state index contributed by atoms with van der Waals surface area (Å²) in [6.07, 6.45) is 0.607. The number of fused-ring (bicyclic) bond motifs is 1. The van der Waals surface area contributed by atoms with Crippen molar-refractivity contribution in [3.8, 4) is 11.3 Å².